The van der Waals surface area contributed by atoms with E-state index < -0.39 is 0 Å². The number of aromatic amines is 2. The number of fused-ring (bicyclic) bond motifs is 8. The van der Waals surface area contributed by atoms with Crippen molar-refractivity contribution >= 4 is 46.4 Å². The molecule has 7 heterocycles. The quantitative estimate of drug-likeness (QED) is 0.0345. The number of methoxy groups -OCH3 is 6. The van der Waals surface area contributed by atoms with Crippen molar-refractivity contribution in [3.8, 4) is 91.5 Å². The first-order valence-electron chi connectivity index (χ1n) is 35.0. The Kier molecular flexibility index (Phi) is 27.9. The standard InChI is InChI=1S/C78H102N8O8/c1-9-11-13-15-17-19-21-23-25-27-29-31-33-35-53-93-57-41-37-55(38-42-57)67-59-45-49-63(79-59)69(71-73(87-3)83-77(91-7)84-74(71)88-4)65-51-47-61(81-65)68(56-39-43-58(44-40-56)94-54-36-34-32-30-28-26-24-22-20-18-16-14-12-10-2)62-48-52-66(82-62)70(64-50-46-60(67)80-64)72-75(89-5)85-78(92-8)86-76(72)90-6/h37-52,79,82H,9-36,53-54H2,1-8H3. The van der Waals surface area contributed by atoms with Crippen LogP contribution in [-0.2, 0) is 0 Å². The summed E-state index contributed by atoms with van der Waals surface area (Å²) in [7, 11) is 9.30. The molecule has 16 nitrogen and oxygen atoms in total. The Balaban J connectivity index is 1.07. The average molecular weight is 1280 g/mol. The third kappa shape index (κ3) is 18.9. The number of nitrogens with zero attached hydrogens (tertiary/aromatic N) is 6. The Bertz CT molecular complexity index is 3430. The van der Waals surface area contributed by atoms with E-state index in [9.17, 15) is 0 Å². The summed E-state index contributed by atoms with van der Waals surface area (Å²) in [6, 6.07) is 24.8. The van der Waals surface area contributed by atoms with Gasteiger partial charge in [0.05, 0.1) is 78.6 Å². The highest BCUT2D eigenvalue weighted by Crippen LogP contribution is 2.46. The van der Waals surface area contributed by atoms with Crippen molar-refractivity contribution in [2.45, 2.75) is 194 Å². The minimum absolute atomic E-state index is 0.0908. The number of rotatable bonds is 42. The van der Waals surface area contributed by atoms with Crippen LogP contribution in [0.4, 0.5) is 0 Å². The van der Waals surface area contributed by atoms with E-state index in [0.717, 1.165) is 70.5 Å². The summed E-state index contributed by atoms with van der Waals surface area (Å²) in [6.45, 7) is 5.87. The van der Waals surface area contributed by atoms with Gasteiger partial charge < -0.3 is 47.9 Å². The monoisotopic (exact) mass is 1280 g/mol. The van der Waals surface area contributed by atoms with Crippen molar-refractivity contribution in [2.24, 2.45) is 0 Å². The lowest BCUT2D eigenvalue weighted by molar-refractivity contribution is 0.304. The number of ether oxygens (including phenoxy) is 8. The third-order valence-corrected chi connectivity index (χ3v) is 17.9. The smallest absolute Gasteiger partial charge is 0.322 e. The molecule has 0 unspecified atom stereocenters. The SMILES string of the molecule is CCCCCCCCCCCCCCCCOc1ccc(-c2c3nc(c(-c4c(OC)nc(OC)nc4OC)c4ccc([nH]4)c(-c4ccc(OCCCCCCCCCCCCCCCC)cc4)c4nc(c(-c5c(OC)nc(OC)nc5OC)c5ccc2[nH]5)C=C4)C=C3)cc1. The second-order valence-electron chi connectivity index (χ2n) is 24.6. The zero-order valence-corrected chi connectivity index (χ0v) is 57.4. The fourth-order valence-electron chi connectivity index (χ4n) is 12.8. The van der Waals surface area contributed by atoms with Crippen LogP contribution in [0.5, 0.6) is 47.0 Å². The van der Waals surface area contributed by atoms with Gasteiger partial charge in [0, 0.05) is 44.3 Å². The van der Waals surface area contributed by atoms with E-state index in [1.807, 2.05) is 60.7 Å². The summed E-state index contributed by atoms with van der Waals surface area (Å²) in [5.74, 6) is 2.56. The van der Waals surface area contributed by atoms with Gasteiger partial charge in [-0.05, 0) is 96.8 Å². The zero-order chi connectivity index (χ0) is 65.7. The molecule has 0 fully saturated rings. The van der Waals surface area contributed by atoms with E-state index >= 15 is 0 Å². The lowest BCUT2D eigenvalue weighted by Crippen LogP contribution is -2.03. The van der Waals surface area contributed by atoms with Gasteiger partial charge in [0.25, 0.3) is 0 Å². The third-order valence-electron chi connectivity index (χ3n) is 17.9. The van der Waals surface area contributed by atoms with Crippen molar-refractivity contribution < 1.29 is 37.9 Å². The van der Waals surface area contributed by atoms with Crippen LogP contribution in [0.25, 0.3) is 90.9 Å². The van der Waals surface area contributed by atoms with Crippen LogP contribution >= 0.6 is 0 Å². The Labute approximate surface area is 558 Å². The molecule has 0 atom stereocenters. The van der Waals surface area contributed by atoms with Crippen LogP contribution < -0.4 is 37.9 Å². The van der Waals surface area contributed by atoms with Gasteiger partial charge in [0.2, 0.25) is 23.5 Å². The van der Waals surface area contributed by atoms with Crippen LogP contribution in [0, 0.1) is 0 Å². The topological polar surface area (TPSA) is 183 Å². The Morgan fingerprint density at radius 1 is 0.266 bits per heavy atom. The highest BCUT2D eigenvalue weighted by molar-refractivity contribution is 6.01. The zero-order valence-electron chi connectivity index (χ0n) is 57.4. The van der Waals surface area contributed by atoms with Gasteiger partial charge in [-0.3, -0.25) is 0 Å². The Morgan fingerprint density at radius 3 is 0.787 bits per heavy atom. The molecule has 0 aliphatic carbocycles. The van der Waals surface area contributed by atoms with E-state index in [-0.39, 0.29) is 35.5 Å². The minimum atomic E-state index is 0.0908. The first-order valence-corrected chi connectivity index (χ1v) is 35.0. The molecular weight excluding hydrogens is 1180 g/mol. The van der Waals surface area contributed by atoms with Crippen LogP contribution in [-0.4, -0.2) is 95.7 Å². The molecule has 0 radical (unpaired) electrons. The van der Waals surface area contributed by atoms with Gasteiger partial charge in [-0.25, -0.2) is 9.97 Å². The van der Waals surface area contributed by atoms with Gasteiger partial charge in [0.1, 0.15) is 22.6 Å². The number of hydrogen-bond acceptors (Lipinski definition) is 14. The molecule has 502 valence electrons. The van der Waals surface area contributed by atoms with Crippen molar-refractivity contribution in [3.63, 3.8) is 0 Å². The summed E-state index contributed by atoms with van der Waals surface area (Å²) in [6.07, 6.45) is 44.7. The fourth-order valence-corrected chi connectivity index (χ4v) is 12.8. The van der Waals surface area contributed by atoms with E-state index in [0.29, 0.717) is 69.3 Å². The lowest BCUT2D eigenvalue weighted by Gasteiger charge is -2.14. The predicted molar refractivity (Wildman–Crippen MR) is 383 cm³/mol. The first-order chi connectivity index (χ1) is 46.3. The normalized spacial score (nSPS) is 11.7. The number of H-pyrrole nitrogens is 2. The predicted octanol–water partition coefficient (Wildman–Crippen LogP) is 20.7. The second kappa shape index (κ2) is 37.5. The fraction of sp³-hybridized carbons (Fsp3) is 0.487. The molecular formula is C78H102N8O8. The van der Waals surface area contributed by atoms with Crippen molar-refractivity contribution in [2.75, 3.05) is 55.9 Å². The van der Waals surface area contributed by atoms with Gasteiger partial charge in [-0.15, -0.1) is 0 Å². The summed E-state index contributed by atoms with van der Waals surface area (Å²) in [4.78, 5) is 37.4. The molecule has 0 spiro atoms. The maximum absolute atomic E-state index is 6.39. The lowest BCUT2D eigenvalue weighted by atomic mass is 10.0. The van der Waals surface area contributed by atoms with E-state index in [4.69, 9.17) is 67.8 Å². The second-order valence-corrected chi connectivity index (χ2v) is 24.6. The maximum atomic E-state index is 6.39. The van der Waals surface area contributed by atoms with Crippen molar-refractivity contribution in [1.29, 1.82) is 0 Å². The van der Waals surface area contributed by atoms with Crippen LogP contribution in [0.15, 0.2) is 72.8 Å². The van der Waals surface area contributed by atoms with Crippen molar-refractivity contribution in [1.82, 2.24) is 39.9 Å². The molecule has 2 aliphatic rings. The molecule has 5 aromatic heterocycles. The molecule has 0 saturated carbocycles. The van der Waals surface area contributed by atoms with Crippen LogP contribution in [0.1, 0.15) is 216 Å². The van der Waals surface area contributed by atoms with Crippen LogP contribution in [0.3, 0.4) is 0 Å². The molecule has 16 heteroatoms. The summed E-state index contributed by atoms with van der Waals surface area (Å²) < 4.78 is 48.1. The Morgan fingerprint density at radius 2 is 0.521 bits per heavy atom. The molecule has 94 heavy (non-hydrogen) atoms. The molecule has 8 bridgehead atoms. The molecule has 2 N–H and O–H groups in total. The van der Waals surface area contributed by atoms with Gasteiger partial charge in [0.15, 0.2) is 0 Å². The van der Waals surface area contributed by atoms with Crippen molar-refractivity contribution in [3.05, 3.63) is 95.6 Å². The number of aromatic nitrogens is 8. The summed E-state index contributed by atoms with van der Waals surface area (Å²) in [5, 5.41) is 0. The molecule has 0 amide bonds. The molecule has 2 aromatic carbocycles. The maximum Gasteiger partial charge on any atom is 0.322 e. The highest BCUT2D eigenvalue weighted by atomic mass is 16.5. The molecule has 0 saturated heterocycles. The van der Waals surface area contributed by atoms with E-state index in [1.54, 1.807) is 28.4 Å². The summed E-state index contributed by atoms with van der Waals surface area (Å²) >= 11 is 0. The number of benzene rings is 2. The van der Waals surface area contributed by atoms with Gasteiger partial charge in [-0.1, -0.05) is 205 Å². The van der Waals surface area contributed by atoms with Crippen LogP contribution in [0.2, 0.25) is 0 Å². The number of nitrogens with one attached hydrogen (secondary N) is 2. The van der Waals surface area contributed by atoms with E-state index in [2.05, 4.69) is 60.2 Å². The number of hydrogen-bond donors (Lipinski definition) is 2. The first kappa shape index (κ1) is 69.9. The largest absolute Gasteiger partial charge is 0.494 e. The number of unbranched alkanes of at least 4 members (excludes halogenated alkanes) is 26. The van der Waals surface area contributed by atoms with E-state index in [1.165, 1.54) is 168 Å². The molecule has 9 rings (SSSR count). The average Bonchev–Trinajstić information content (AvgIpc) is 1.57. The van der Waals surface area contributed by atoms with Gasteiger partial charge >= 0.3 is 12.0 Å². The minimum Gasteiger partial charge on any atom is -0.494 e. The Hall–Kier alpha value is -8.40. The highest BCUT2D eigenvalue weighted by Gasteiger charge is 2.28. The summed E-state index contributed by atoms with van der Waals surface area (Å²) in [5.41, 5.74) is 11.2. The van der Waals surface area contributed by atoms with Gasteiger partial charge in [-0.2, -0.15) is 19.9 Å². The molecule has 2 aliphatic heterocycles. The molecule has 7 aromatic rings.